The highest BCUT2D eigenvalue weighted by Gasteiger charge is 2.32. The molecule has 1 aliphatic rings. The summed E-state index contributed by atoms with van der Waals surface area (Å²) in [6.07, 6.45) is -0.412. The molecule has 0 unspecified atom stereocenters. The average molecular weight is 218 g/mol. The van der Waals surface area contributed by atoms with Crippen LogP contribution >= 0.6 is 0 Å². The number of carbonyl (C=O) groups is 1. The van der Waals surface area contributed by atoms with E-state index >= 15 is 0 Å². The molecular weight excluding hydrogens is 208 g/mol. The zero-order valence-corrected chi connectivity index (χ0v) is 8.45. The van der Waals surface area contributed by atoms with Crippen LogP contribution in [0.15, 0.2) is 29.4 Å². The summed E-state index contributed by atoms with van der Waals surface area (Å²) in [6.45, 7) is 0.164. The maximum Gasteiger partial charge on any atom is 0.412 e. The van der Waals surface area contributed by atoms with E-state index in [1.165, 1.54) is 4.90 Å². The lowest BCUT2D eigenvalue weighted by Gasteiger charge is -2.20. The van der Waals surface area contributed by atoms with Crippen molar-refractivity contribution in [3.63, 3.8) is 0 Å². The van der Waals surface area contributed by atoms with Gasteiger partial charge in [-0.3, -0.25) is 4.90 Å². The molecule has 0 saturated heterocycles. The molecule has 1 aromatic carbocycles. The van der Waals surface area contributed by atoms with E-state index in [0.29, 0.717) is 12.1 Å². The first-order chi connectivity index (χ1) is 7.74. The zero-order chi connectivity index (χ0) is 11.5. The van der Waals surface area contributed by atoms with Crippen LogP contribution in [0.2, 0.25) is 0 Å². The molecule has 0 spiro atoms. The molecule has 0 aromatic heterocycles. The van der Waals surface area contributed by atoms with Gasteiger partial charge >= 0.3 is 6.09 Å². The third kappa shape index (κ3) is 1.66. The highest BCUT2D eigenvalue weighted by Crippen LogP contribution is 2.32. The van der Waals surface area contributed by atoms with E-state index in [0.717, 1.165) is 5.56 Å². The normalized spacial score (nSPS) is 17.8. The maximum absolute atomic E-state index is 11.1. The van der Waals surface area contributed by atoms with Crippen LogP contribution in [0.5, 0.6) is 0 Å². The molecule has 1 aromatic rings. The second kappa shape index (κ2) is 4.12. The Bertz CT molecular complexity index is 468. The van der Waals surface area contributed by atoms with E-state index in [2.05, 4.69) is 10.0 Å². The number of hydrogen-bond donors (Lipinski definition) is 1. The van der Waals surface area contributed by atoms with Gasteiger partial charge in [-0.2, -0.15) is 0 Å². The van der Waals surface area contributed by atoms with Gasteiger partial charge in [0.25, 0.3) is 0 Å². The Kier molecular flexibility index (Phi) is 2.66. The fourth-order valence-corrected chi connectivity index (χ4v) is 2.00. The molecule has 2 rings (SSSR count). The molecule has 0 radical (unpaired) electrons. The zero-order valence-electron chi connectivity index (χ0n) is 8.45. The molecule has 1 aliphatic heterocycles. The molecule has 6 nitrogen and oxygen atoms in total. The first-order valence-corrected chi connectivity index (χ1v) is 4.85. The first-order valence-electron chi connectivity index (χ1n) is 4.85. The summed E-state index contributed by atoms with van der Waals surface area (Å²) in [6, 6.07) is 7.03. The Morgan fingerprint density at radius 1 is 1.62 bits per heavy atom. The summed E-state index contributed by atoms with van der Waals surface area (Å²) < 4.78 is 0. The largest absolute Gasteiger partial charge is 0.465 e. The summed E-state index contributed by atoms with van der Waals surface area (Å²) in [5.41, 5.74) is 9.92. The van der Waals surface area contributed by atoms with Crippen molar-refractivity contribution in [2.75, 3.05) is 11.4 Å². The van der Waals surface area contributed by atoms with E-state index in [1.54, 1.807) is 12.1 Å². The number of para-hydroxylation sites is 1. The van der Waals surface area contributed by atoms with Gasteiger partial charge in [-0.15, -0.1) is 0 Å². The van der Waals surface area contributed by atoms with Crippen molar-refractivity contribution in [3.8, 4) is 0 Å². The van der Waals surface area contributed by atoms with Crippen molar-refractivity contribution in [2.24, 2.45) is 5.11 Å². The van der Waals surface area contributed by atoms with Crippen molar-refractivity contribution in [1.82, 2.24) is 0 Å². The minimum absolute atomic E-state index is 0.164. The smallest absolute Gasteiger partial charge is 0.412 e. The molecule has 1 amide bonds. The number of fused-ring (bicyclic) bond motifs is 1. The molecule has 82 valence electrons. The maximum atomic E-state index is 11.1. The van der Waals surface area contributed by atoms with Crippen molar-refractivity contribution >= 4 is 11.8 Å². The molecule has 1 N–H and O–H groups in total. The molecule has 0 saturated carbocycles. The highest BCUT2D eigenvalue weighted by atomic mass is 16.4. The number of anilines is 1. The van der Waals surface area contributed by atoms with E-state index in [4.69, 9.17) is 10.6 Å². The quantitative estimate of drug-likeness (QED) is 0.469. The van der Waals surface area contributed by atoms with E-state index in [-0.39, 0.29) is 12.6 Å². The molecule has 1 atom stereocenters. The van der Waals surface area contributed by atoms with E-state index < -0.39 is 6.09 Å². The Labute approximate surface area is 91.7 Å². The Morgan fingerprint density at radius 3 is 3.06 bits per heavy atom. The van der Waals surface area contributed by atoms with Crippen LogP contribution in [0, 0.1) is 0 Å². The van der Waals surface area contributed by atoms with Gasteiger partial charge in [-0.1, -0.05) is 23.3 Å². The molecule has 0 fully saturated rings. The number of rotatable bonds is 2. The second-order valence-corrected chi connectivity index (χ2v) is 3.55. The lowest BCUT2D eigenvalue weighted by Crippen LogP contribution is -2.38. The number of amides is 1. The highest BCUT2D eigenvalue weighted by molar-refractivity contribution is 5.89. The van der Waals surface area contributed by atoms with Crippen molar-refractivity contribution in [3.05, 3.63) is 40.3 Å². The van der Waals surface area contributed by atoms with Crippen molar-refractivity contribution in [1.29, 1.82) is 0 Å². The topological polar surface area (TPSA) is 89.3 Å². The van der Waals surface area contributed by atoms with Crippen molar-refractivity contribution < 1.29 is 9.90 Å². The van der Waals surface area contributed by atoms with Crippen molar-refractivity contribution in [2.45, 2.75) is 12.5 Å². The van der Waals surface area contributed by atoms with Gasteiger partial charge < -0.3 is 5.11 Å². The van der Waals surface area contributed by atoms with Crippen LogP contribution in [-0.2, 0) is 6.42 Å². The summed E-state index contributed by atoms with van der Waals surface area (Å²) in [4.78, 5) is 15.1. The van der Waals surface area contributed by atoms with Gasteiger partial charge in [0, 0.05) is 11.5 Å². The summed E-state index contributed by atoms with van der Waals surface area (Å²) >= 11 is 0. The fourth-order valence-electron chi connectivity index (χ4n) is 2.00. The predicted molar refractivity (Wildman–Crippen MR) is 58.5 cm³/mol. The van der Waals surface area contributed by atoms with Crippen LogP contribution in [0.4, 0.5) is 10.5 Å². The van der Waals surface area contributed by atoms with Gasteiger partial charge in [0.05, 0.1) is 11.7 Å². The molecule has 0 bridgehead atoms. The Hall–Kier alpha value is -2.20. The van der Waals surface area contributed by atoms with Gasteiger partial charge in [0.1, 0.15) is 0 Å². The number of benzene rings is 1. The van der Waals surface area contributed by atoms with Crippen LogP contribution in [0.1, 0.15) is 5.56 Å². The average Bonchev–Trinajstić information content (AvgIpc) is 2.64. The van der Waals surface area contributed by atoms with Gasteiger partial charge in [-0.05, 0) is 23.6 Å². The van der Waals surface area contributed by atoms with E-state index in [9.17, 15) is 4.79 Å². The summed E-state index contributed by atoms with van der Waals surface area (Å²) in [5.74, 6) is 0. The molecular formula is C10H10N4O2. The molecule has 1 heterocycles. The number of hydrogen-bond acceptors (Lipinski definition) is 2. The number of carboxylic acid groups (broad SMARTS) is 1. The predicted octanol–water partition coefficient (Wildman–Crippen LogP) is 2.41. The van der Waals surface area contributed by atoms with Crippen LogP contribution in [-0.4, -0.2) is 23.8 Å². The Balaban J connectivity index is 2.33. The number of nitrogens with zero attached hydrogens (tertiary/aromatic N) is 4. The standard InChI is InChI=1S/C10H10N4O2/c11-13-12-6-8-5-7-3-1-2-4-9(7)14(8)10(15)16/h1-4,8H,5-6H2,(H,15,16)/t8-/m0/s1. The number of azide groups is 1. The summed E-state index contributed by atoms with van der Waals surface area (Å²) in [7, 11) is 0. The van der Waals surface area contributed by atoms with Gasteiger partial charge in [-0.25, -0.2) is 4.79 Å². The van der Waals surface area contributed by atoms with Crippen LogP contribution in [0.25, 0.3) is 10.4 Å². The van der Waals surface area contributed by atoms with Crippen LogP contribution in [0.3, 0.4) is 0 Å². The van der Waals surface area contributed by atoms with Crippen LogP contribution < -0.4 is 4.90 Å². The third-order valence-corrected chi connectivity index (χ3v) is 2.63. The second-order valence-electron chi connectivity index (χ2n) is 3.55. The lowest BCUT2D eigenvalue weighted by molar-refractivity contribution is 0.200. The third-order valence-electron chi connectivity index (χ3n) is 2.63. The lowest BCUT2D eigenvalue weighted by atomic mass is 10.1. The minimum Gasteiger partial charge on any atom is -0.465 e. The fraction of sp³-hybridized carbons (Fsp3) is 0.300. The molecule has 6 heteroatoms. The minimum atomic E-state index is -1.01. The monoisotopic (exact) mass is 218 g/mol. The molecule has 16 heavy (non-hydrogen) atoms. The van der Waals surface area contributed by atoms with Gasteiger partial charge in [0.2, 0.25) is 0 Å². The Morgan fingerprint density at radius 2 is 2.38 bits per heavy atom. The SMILES string of the molecule is [N-]=[N+]=NC[C@@H]1Cc2ccccc2N1C(=O)O. The summed E-state index contributed by atoms with van der Waals surface area (Å²) in [5, 5.41) is 12.6. The van der Waals surface area contributed by atoms with E-state index in [1.807, 2.05) is 12.1 Å². The van der Waals surface area contributed by atoms with Gasteiger partial charge in [0.15, 0.2) is 0 Å². The first kappa shape index (κ1) is 10.3. The molecule has 0 aliphatic carbocycles.